The molecule has 0 aromatic heterocycles. The molecule has 0 spiro atoms. The zero-order chi connectivity index (χ0) is 23.0. The van der Waals surface area contributed by atoms with Crippen molar-refractivity contribution in [3.63, 3.8) is 0 Å². The second-order valence-electron chi connectivity index (χ2n) is 6.98. The van der Waals surface area contributed by atoms with E-state index in [1.165, 1.54) is 28.6 Å². The van der Waals surface area contributed by atoms with Gasteiger partial charge in [0, 0.05) is 31.7 Å². The van der Waals surface area contributed by atoms with Crippen molar-refractivity contribution in [1.82, 2.24) is 14.9 Å². The predicted octanol–water partition coefficient (Wildman–Crippen LogP) is 2.25. The highest BCUT2D eigenvalue weighted by Gasteiger charge is 2.23. The van der Waals surface area contributed by atoms with Crippen molar-refractivity contribution < 1.29 is 22.4 Å². The Labute approximate surface area is 182 Å². The Balaban J connectivity index is 1.93. The first-order valence-corrected chi connectivity index (χ1v) is 11.5. The third-order valence-corrected chi connectivity index (χ3v) is 6.85. The number of rotatable bonds is 10. The van der Waals surface area contributed by atoms with Gasteiger partial charge in [0.25, 0.3) is 5.91 Å². The van der Waals surface area contributed by atoms with Crippen molar-refractivity contribution in [2.45, 2.75) is 32.1 Å². The molecule has 31 heavy (non-hydrogen) atoms. The summed E-state index contributed by atoms with van der Waals surface area (Å²) in [4.78, 5) is 24.6. The van der Waals surface area contributed by atoms with Crippen LogP contribution in [0.25, 0.3) is 0 Å². The second-order valence-corrected chi connectivity index (χ2v) is 8.91. The third kappa shape index (κ3) is 6.60. The molecule has 2 aromatic carbocycles. The smallest absolute Gasteiger partial charge is 0.251 e. The molecular formula is C22H28FN3O4S. The molecule has 9 heteroatoms. The first kappa shape index (κ1) is 24.5. The summed E-state index contributed by atoms with van der Waals surface area (Å²) < 4.78 is 39.7. The van der Waals surface area contributed by atoms with Crippen LogP contribution < -0.4 is 10.6 Å². The lowest BCUT2D eigenvalue weighted by atomic mass is 10.1. The molecule has 0 aliphatic heterocycles. The van der Waals surface area contributed by atoms with E-state index in [2.05, 4.69) is 10.6 Å². The number of hydrogen-bond acceptors (Lipinski definition) is 4. The molecule has 0 aliphatic carbocycles. The lowest BCUT2D eigenvalue weighted by Crippen LogP contribution is -2.35. The maximum Gasteiger partial charge on any atom is 0.251 e. The Kier molecular flexibility index (Phi) is 8.70. The summed E-state index contributed by atoms with van der Waals surface area (Å²) >= 11 is 0. The fraction of sp³-hybridized carbons (Fsp3) is 0.364. The summed E-state index contributed by atoms with van der Waals surface area (Å²) in [5.74, 6) is -1.03. The molecule has 0 bridgehead atoms. The topological polar surface area (TPSA) is 95.6 Å². The van der Waals surface area contributed by atoms with Crippen LogP contribution in [0.5, 0.6) is 0 Å². The molecule has 0 atom stereocenters. The fourth-order valence-corrected chi connectivity index (χ4v) is 4.53. The van der Waals surface area contributed by atoms with Crippen LogP contribution in [0, 0.1) is 12.7 Å². The minimum Gasteiger partial charge on any atom is -0.354 e. The largest absolute Gasteiger partial charge is 0.354 e. The van der Waals surface area contributed by atoms with Gasteiger partial charge >= 0.3 is 0 Å². The van der Waals surface area contributed by atoms with E-state index in [4.69, 9.17) is 0 Å². The van der Waals surface area contributed by atoms with Crippen LogP contribution in [0.1, 0.15) is 35.3 Å². The van der Waals surface area contributed by atoms with Crippen molar-refractivity contribution in [2.75, 3.05) is 26.2 Å². The van der Waals surface area contributed by atoms with Gasteiger partial charge in [0.05, 0.1) is 11.3 Å². The zero-order valence-corrected chi connectivity index (χ0v) is 18.8. The number of amides is 2. The van der Waals surface area contributed by atoms with Crippen molar-refractivity contribution >= 4 is 21.8 Å². The number of carbonyl (C=O) groups excluding carboxylic acids is 2. The van der Waals surface area contributed by atoms with Crippen molar-refractivity contribution in [2.24, 2.45) is 0 Å². The maximum atomic E-state index is 12.9. The van der Waals surface area contributed by atoms with Crippen LogP contribution in [-0.4, -0.2) is 50.7 Å². The maximum absolute atomic E-state index is 12.9. The lowest BCUT2D eigenvalue weighted by Gasteiger charge is -2.19. The van der Waals surface area contributed by atoms with Gasteiger partial charge in [-0.25, -0.2) is 12.8 Å². The molecule has 2 rings (SSSR count). The van der Waals surface area contributed by atoms with Gasteiger partial charge in [0.2, 0.25) is 15.9 Å². The molecule has 0 heterocycles. The van der Waals surface area contributed by atoms with Crippen LogP contribution in [0.15, 0.2) is 47.4 Å². The first-order valence-electron chi connectivity index (χ1n) is 10.1. The van der Waals surface area contributed by atoms with Gasteiger partial charge in [-0.3, -0.25) is 9.59 Å². The number of hydrogen-bond donors (Lipinski definition) is 2. The van der Waals surface area contributed by atoms with Gasteiger partial charge in [-0.15, -0.1) is 0 Å². The molecule has 2 aromatic rings. The Hall–Kier alpha value is -2.78. The lowest BCUT2D eigenvalue weighted by molar-refractivity contribution is -0.120. The number of benzene rings is 2. The highest BCUT2D eigenvalue weighted by atomic mass is 32.2. The molecule has 168 valence electrons. The molecule has 2 N–H and O–H groups in total. The fourth-order valence-electron chi connectivity index (χ4n) is 3.04. The predicted molar refractivity (Wildman–Crippen MR) is 117 cm³/mol. The third-order valence-electron chi connectivity index (χ3n) is 4.81. The van der Waals surface area contributed by atoms with E-state index in [-0.39, 0.29) is 41.7 Å². The molecule has 0 fully saturated rings. The molecule has 0 saturated heterocycles. The van der Waals surface area contributed by atoms with E-state index in [1.807, 2.05) is 0 Å². The van der Waals surface area contributed by atoms with Crippen molar-refractivity contribution in [3.05, 3.63) is 65.0 Å². The number of nitrogens with one attached hydrogen (secondary N) is 2. The Bertz CT molecular complexity index is 1020. The van der Waals surface area contributed by atoms with E-state index in [0.29, 0.717) is 24.2 Å². The van der Waals surface area contributed by atoms with Crippen LogP contribution in [-0.2, 0) is 21.2 Å². The van der Waals surface area contributed by atoms with Gasteiger partial charge in [0.1, 0.15) is 5.82 Å². The normalized spacial score (nSPS) is 11.4. The Morgan fingerprint density at radius 3 is 2.19 bits per heavy atom. The monoisotopic (exact) mass is 449 g/mol. The highest BCUT2D eigenvalue weighted by Crippen LogP contribution is 2.19. The van der Waals surface area contributed by atoms with Gasteiger partial charge in [0.15, 0.2) is 0 Å². The van der Waals surface area contributed by atoms with E-state index in [9.17, 15) is 22.4 Å². The number of carbonyl (C=O) groups is 2. The number of nitrogens with zero attached hydrogens (tertiary/aromatic N) is 1. The van der Waals surface area contributed by atoms with Gasteiger partial charge < -0.3 is 10.6 Å². The zero-order valence-electron chi connectivity index (χ0n) is 17.9. The second kappa shape index (κ2) is 11.0. The first-order chi connectivity index (χ1) is 14.7. The summed E-state index contributed by atoms with van der Waals surface area (Å²) in [6, 6.07) is 10.1. The average molecular weight is 450 g/mol. The van der Waals surface area contributed by atoms with Crippen LogP contribution in [0.2, 0.25) is 0 Å². The van der Waals surface area contributed by atoms with Crippen LogP contribution in [0.4, 0.5) is 4.39 Å². The standard InChI is InChI=1S/C22H28FN3O4S/c1-4-26(5-2)31(29,30)19-11-6-16(3)20(15-19)22(28)25-13-12-24-21(27)14-17-7-9-18(23)10-8-17/h6-11,15H,4-5,12-14H2,1-3H3,(H,24,27)(H,25,28). The molecule has 7 nitrogen and oxygen atoms in total. The number of sulfonamides is 1. The minimum atomic E-state index is -3.67. The molecule has 0 radical (unpaired) electrons. The van der Waals surface area contributed by atoms with E-state index in [0.717, 1.165) is 0 Å². The van der Waals surface area contributed by atoms with Crippen LogP contribution in [0.3, 0.4) is 0 Å². The highest BCUT2D eigenvalue weighted by molar-refractivity contribution is 7.89. The summed E-state index contributed by atoms with van der Waals surface area (Å²) in [6.07, 6.45) is 0.110. The van der Waals surface area contributed by atoms with E-state index >= 15 is 0 Å². The minimum absolute atomic E-state index is 0.0690. The molecule has 0 unspecified atom stereocenters. The molecule has 0 aliphatic rings. The summed E-state index contributed by atoms with van der Waals surface area (Å²) in [6.45, 7) is 6.31. The molecule has 0 saturated carbocycles. The Morgan fingerprint density at radius 1 is 0.968 bits per heavy atom. The summed E-state index contributed by atoms with van der Waals surface area (Å²) in [5.41, 5.74) is 1.60. The van der Waals surface area contributed by atoms with Gasteiger partial charge in [-0.1, -0.05) is 32.0 Å². The van der Waals surface area contributed by atoms with Crippen LogP contribution >= 0.6 is 0 Å². The number of halogens is 1. The molecular weight excluding hydrogens is 421 g/mol. The van der Waals surface area contributed by atoms with E-state index < -0.39 is 15.9 Å². The SMILES string of the molecule is CCN(CC)S(=O)(=O)c1ccc(C)c(C(=O)NCCNC(=O)Cc2ccc(F)cc2)c1. The quantitative estimate of drug-likeness (QED) is 0.544. The van der Waals surface area contributed by atoms with Crippen molar-refractivity contribution in [1.29, 1.82) is 0 Å². The molecule has 2 amide bonds. The van der Waals surface area contributed by atoms with E-state index in [1.54, 1.807) is 39.0 Å². The van der Waals surface area contributed by atoms with Crippen molar-refractivity contribution in [3.8, 4) is 0 Å². The number of aryl methyl sites for hydroxylation is 1. The Morgan fingerprint density at radius 2 is 1.58 bits per heavy atom. The summed E-state index contributed by atoms with van der Waals surface area (Å²) in [7, 11) is -3.67. The van der Waals surface area contributed by atoms with Gasteiger partial charge in [-0.05, 0) is 42.3 Å². The van der Waals surface area contributed by atoms with Gasteiger partial charge in [-0.2, -0.15) is 4.31 Å². The summed E-state index contributed by atoms with van der Waals surface area (Å²) in [5, 5.41) is 5.37. The average Bonchev–Trinajstić information content (AvgIpc) is 2.73.